The molecule has 168 valence electrons. The van der Waals surface area contributed by atoms with Crippen LogP contribution in [0, 0.1) is 6.92 Å². The van der Waals surface area contributed by atoms with Crippen LogP contribution in [0.15, 0.2) is 34.9 Å². The normalized spacial score (nSPS) is 16.7. The number of morpholine rings is 1. The van der Waals surface area contributed by atoms with E-state index in [4.69, 9.17) is 25.8 Å². The summed E-state index contributed by atoms with van der Waals surface area (Å²) < 4.78 is 18.1. The summed E-state index contributed by atoms with van der Waals surface area (Å²) in [6.45, 7) is 9.12. The van der Waals surface area contributed by atoms with Crippen molar-refractivity contribution >= 4 is 45.1 Å². The topological polar surface area (TPSA) is 72.9 Å². The second-order valence-corrected chi connectivity index (χ2v) is 9.63. The molecule has 1 aliphatic heterocycles. The Bertz CT molecular complexity index is 935. The number of halogens is 2. The smallest absolute Gasteiger partial charge is 0.410 e. The molecule has 0 spiro atoms. The molecule has 1 aromatic heterocycles. The van der Waals surface area contributed by atoms with E-state index >= 15 is 0 Å². The maximum absolute atomic E-state index is 12.4. The van der Waals surface area contributed by atoms with Gasteiger partial charge in [0.1, 0.15) is 29.9 Å². The molecule has 1 saturated heterocycles. The highest BCUT2D eigenvalue weighted by Gasteiger charge is 2.28. The lowest BCUT2D eigenvalue weighted by Gasteiger charge is -2.34. The van der Waals surface area contributed by atoms with Gasteiger partial charge in [0.15, 0.2) is 0 Å². The average molecular weight is 513 g/mol. The fourth-order valence-electron chi connectivity index (χ4n) is 2.97. The molecule has 1 N–H and O–H groups in total. The lowest BCUT2D eigenvalue weighted by molar-refractivity contribution is -0.0556. The number of hydrogen-bond acceptors (Lipinski definition) is 6. The molecular weight excluding hydrogens is 486 g/mol. The van der Waals surface area contributed by atoms with Gasteiger partial charge in [-0.1, -0.05) is 11.6 Å². The van der Waals surface area contributed by atoms with Gasteiger partial charge < -0.3 is 24.4 Å². The molecule has 0 saturated carbocycles. The zero-order valence-electron chi connectivity index (χ0n) is 18.1. The Morgan fingerprint density at radius 3 is 2.87 bits per heavy atom. The molecule has 0 radical (unpaired) electrons. The van der Waals surface area contributed by atoms with Crippen LogP contribution in [0.25, 0.3) is 0 Å². The van der Waals surface area contributed by atoms with Gasteiger partial charge in [-0.15, -0.1) is 0 Å². The van der Waals surface area contributed by atoms with Crippen LogP contribution >= 0.6 is 27.5 Å². The van der Waals surface area contributed by atoms with Gasteiger partial charge in [-0.25, -0.2) is 9.78 Å². The molecule has 31 heavy (non-hydrogen) atoms. The van der Waals surface area contributed by atoms with Crippen molar-refractivity contribution in [3.05, 3.63) is 45.5 Å². The number of rotatable bonds is 5. The summed E-state index contributed by atoms with van der Waals surface area (Å²) in [5.74, 6) is 1.26. The van der Waals surface area contributed by atoms with Crippen molar-refractivity contribution < 1.29 is 19.0 Å². The monoisotopic (exact) mass is 511 g/mol. The highest BCUT2D eigenvalue weighted by Crippen LogP contribution is 2.33. The molecule has 2 heterocycles. The molecule has 1 aliphatic rings. The number of carbonyl (C=O) groups excluding carboxylic acids is 1. The molecule has 1 fully saturated rings. The highest BCUT2D eigenvalue weighted by molar-refractivity contribution is 9.10. The Morgan fingerprint density at radius 2 is 2.16 bits per heavy atom. The minimum atomic E-state index is -0.538. The van der Waals surface area contributed by atoms with Crippen molar-refractivity contribution in [3.63, 3.8) is 0 Å². The molecule has 9 heteroatoms. The number of hydrogen-bond donors (Lipinski definition) is 1. The van der Waals surface area contributed by atoms with E-state index in [1.165, 1.54) is 0 Å². The molecule has 1 aromatic carbocycles. The van der Waals surface area contributed by atoms with Crippen LogP contribution in [0.1, 0.15) is 26.3 Å². The van der Waals surface area contributed by atoms with E-state index in [2.05, 4.69) is 26.2 Å². The number of ether oxygens (including phenoxy) is 3. The maximum Gasteiger partial charge on any atom is 0.410 e. The number of pyridine rings is 1. The average Bonchev–Trinajstić information content (AvgIpc) is 2.68. The summed E-state index contributed by atoms with van der Waals surface area (Å²) >= 11 is 9.72. The number of aryl methyl sites for hydroxylation is 1. The lowest BCUT2D eigenvalue weighted by atomic mass is 10.2. The Morgan fingerprint density at radius 1 is 1.39 bits per heavy atom. The fraction of sp³-hybridized carbons (Fsp3) is 0.455. The van der Waals surface area contributed by atoms with Crippen molar-refractivity contribution in [2.45, 2.75) is 39.4 Å². The number of carbonyl (C=O) groups is 1. The Labute approximate surface area is 196 Å². The number of anilines is 2. The third-order valence-electron chi connectivity index (χ3n) is 4.39. The van der Waals surface area contributed by atoms with Gasteiger partial charge >= 0.3 is 6.09 Å². The summed E-state index contributed by atoms with van der Waals surface area (Å²) in [5.41, 5.74) is 1.19. The molecule has 3 rings (SSSR count). The number of benzene rings is 1. The summed E-state index contributed by atoms with van der Waals surface area (Å²) in [5, 5.41) is 3.83. The van der Waals surface area contributed by atoms with E-state index in [-0.39, 0.29) is 18.8 Å². The highest BCUT2D eigenvalue weighted by atomic mass is 79.9. The van der Waals surface area contributed by atoms with Gasteiger partial charge in [-0.3, -0.25) is 0 Å². The predicted molar refractivity (Wildman–Crippen MR) is 124 cm³/mol. The van der Waals surface area contributed by atoms with Gasteiger partial charge in [0.05, 0.1) is 23.3 Å². The first-order valence-electron chi connectivity index (χ1n) is 10.0. The van der Waals surface area contributed by atoms with E-state index in [9.17, 15) is 4.79 Å². The predicted octanol–water partition coefficient (Wildman–Crippen LogP) is 5.56. The third-order valence-corrected chi connectivity index (χ3v) is 5.23. The van der Waals surface area contributed by atoms with Gasteiger partial charge in [-0.05, 0) is 73.5 Å². The molecule has 7 nitrogen and oxygen atoms in total. The zero-order chi connectivity index (χ0) is 22.6. The van der Waals surface area contributed by atoms with Crippen molar-refractivity contribution in [2.75, 3.05) is 31.6 Å². The minimum absolute atomic E-state index is 0.269. The quantitative estimate of drug-likeness (QED) is 0.565. The van der Waals surface area contributed by atoms with Gasteiger partial charge in [0.25, 0.3) is 0 Å². The number of aromatic nitrogens is 1. The minimum Gasteiger partial charge on any atom is -0.489 e. The fourth-order valence-corrected chi connectivity index (χ4v) is 3.71. The van der Waals surface area contributed by atoms with Gasteiger partial charge in [0.2, 0.25) is 0 Å². The summed E-state index contributed by atoms with van der Waals surface area (Å²) in [4.78, 5) is 18.4. The summed E-state index contributed by atoms with van der Waals surface area (Å²) in [6, 6.07) is 7.30. The van der Waals surface area contributed by atoms with Gasteiger partial charge in [0, 0.05) is 17.8 Å². The van der Waals surface area contributed by atoms with Crippen LogP contribution in [0.2, 0.25) is 5.02 Å². The Hall–Kier alpha value is -2.03. The lowest BCUT2D eigenvalue weighted by Crippen LogP contribution is -2.49. The molecule has 0 bridgehead atoms. The standard InChI is InChI=1S/C22H27BrClN3O4/c1-14-9-17(23)20(25-11-14)26-18-10-15(24)5-6-19(18)30-13-16-12-27(7-8-29-16)21(28)31-22(2,3)4/h5-6,9-11,16H,7-8,12-13H2,1-4H3,(H,25,26)/t16-/m0/s1. The van der Waals surface area contributed by atoms with Crippen LogP contribution in [0.5, 0.6) is 5.75 Å². The van der Waals surface area contributed by atoms with Crippen molar-refractivity contribution in [1.29, 1.82) is 0 Å². The first kappa shape index (κ1) is 23.6. The van der Waals surface area contributed by atoms with E-state index < -0.39 is 5.60 Å². The van der Waals surface area contributed by atoms with E-state index in [0.29, 0.717) is 42.0 Å². The first-order chi connectivity index (χ1) is 14.6. The van der Waals surface area contributed by atoms with Crippen LogP contribution in [0.4, 0.5) is 16.3 Å². The molecule has 2 aromatic rings. The first-order valence-corrected chi connectivity index (χ1v) is 11.2. The van der Waals surface area contributed by atoms with Crippen molar-refractivity contribution in [1.82, 2.24) is 9.88 Å². The summed E-state index contributed by atoms with van der Waals surface area (Å²) in [7, 11) is 0. The van der Waals surface area contributed by atoms with Crippen LogP contribution < -0.4 is 10.1 Å². The van der Waals surface area contributed by atoms with Crippen LogP contribution in [-0.4, -0.2) is 54.0 Å². The molecule has 0 unspecified atom stereocenters. The van der Waals surface area contributed by atoms with Gasteiger partial charge in [-0.2, -0.15) is 0 Å². The van der Waals surface area contributed by atoms with E-state index in [1.807, 2.05) is 33.8 Å². The molecule has 1 atom stereocenters. The number of nitrogens with one attached hydrogen (secondary N) is 1. The molecule has 1 amide bonds. The largest absolute Gasteiger partial charge is 0.489 e. The van der Waals surface area contributed by atoms with Crippen molar-refractivity contribution in [2.24, 2.45) is 0 Å². The number of nitrogens with zero attached hydrogens (tertiary/aromatic N) is 2. The maximum atomic E-state index is 12.4. The zero-order valence-corrected chi connectivity index (χ0v) is 20.4. The van der Waals surface area contributed by atoms with E-state index in [1.54, 1.807) is 29.3 Å². The van der Waals surface area contributed by atoms with Crippen molar-refractivity contribution in [3.8, 4) is 5.75 Å². The second kappa shape index (κ2) is 10.1. The molecule has 0 aliphatic carbocycles. The third kappa shape index (κ3) is 6.98. The number of amides is 1. The SMILES string of the molecule is Cc1cnc(Nc2cc(Cl)ccc2OC[C@@H]2CN(C(=O)OC(C)(C)C)CCO2)c(Br)c1. The van der Waals surface area contributed by atoms with Crippen LogP contribution in [-0.2, 0) is 9.47 Å². The second-order valence-electron chi connectivity index (χ2n) is 8.34. The Kier molecular flexibility index (Phi) is 7.67. The summed E-state index contributed by atoms with van der Waals surface area (Å²) in [6.07, 6.45) is 1.17. The van der Waals surface area contributed by atoms with E-state index in [0.717, 1.165) is 10.0 Å². The van der Waals surface area contributed by atoms with Crippen LogP contribution in [0.3, 0.4) is 0 Å². The molecular formula is C22H27BrClN3O4. The Balaban J connectivity index is 1.65.